The number of aromatic nitrogens is 3. The molecule has 1 aliphatic rings. The van der Waals surface area contributed by atoms with Crippen LogP contribution in [0.5, 0.6) is 0 Å². The summed E-state index contributed by atoms with van der Waals surface area (Å²) in [5, 5.41) is 5.26. The summed E-state index contributed by atoms with van der Waals surface area (Å²) >= 11 is 12.1. The number of hydrogen-bond acceptors (Lipinski definition) is 5. The van der Waals surface area contributed by atoms with Crippen molar-refractivity contribution in [3.8, 4) is 0 Å². The van der Waals surface area contributed by atoms with Gasteiger partial charge in [-0.15, -0.1) is 0 Å². The standard InChI is InChI=1S/C20H21Cl2N5O/c21-14-3-4-17(22)18(9-14)24-10-15(28)8-13-2-1-7-27(11-13)20-16-5-6-23-19(16)25-12-26-20/h3-6,9,12-13,24H,1-2,7-8,10-11H2,(H,23,25,26)/t13-/m0/s1. The molecule has 6 nitrogen and oxygen atoms in total. The first kappa shape index (κ1) is 19.0. The number of anilines is 2. The molecule has 0 aliphatic carbocycles. The highest BCUT2D eigenvalue weighted by Gasteiger charge is 2.24. The lowest BCUT2D eigenvalue weighted by atomic mass is 9.92. The van der Waals surface area contributed by atoms with Crippen LogP contribution in [0.3, 0.4) is 0 Å². The van der Waals surface area contributed by atoms with E-state index < -0.39 is 0 Å². The number of hydrogen-bond donors (Lipinski definition) is 2. The summed E-state index contributed by atoms with van der Waals surface area (Å²) in [6.07, 6.45) is 6.08. The molecule has 0 bridgehead atoms. The number of nitrogens with zero attached hydrogens (tertiary/aromatic N) is 3. The fraction of sp³-hybridized carbons (Fsp3) is 0.350. The van der Waals surface area contributed by atoms with Crippen LogP contribution in [0.15, 0.2) is 36.8 Å². The third kappa shape index (κ3) is 4.23. The van der Waals surface area contributed by atoms with E-state index in [0.29, 0.717) is 28.1 Å². The molecule has 0 saturated carbocycles. The molecule has 28 heavy (non-hydrogen) atoms. The number of aromatic amines is 1. The highest BCUT2D eigenvalue weighted by Crippen LogP contribution is 2.29. The summed E-state index contributed by atoms with van der Waals surface area (Å²) in [7, 11) is 0. The van der Waals surface area contributed by atoms with Gasteiger partial charge in [-0.05, 0) is 43.0 Å². The van der Waals surface area contributed by atoms with Crippen molar-refractivity contribution in [3.05, 3.63) is 46.8 Å². The number of fused-ring (bicyclic) bond motifs is 1. The van der Waals surface area contributed by atoms with Crippen LogP contribution < -0.4 is 10.2 Å². The van der Waals surface area contributed by atoms with E-state index in [4.69, 9.17) is 23.2 Å². The molecule has 0 unspecified atom stereocenters. The van der Waals surface area contributed by atoms with Crippen LogP contribution >= 0.6 is 23.2 Å². The van der Waals surface area contributed by atoms with E-state index in [9.17, 15) is 4.79 Å². The minimum Gasteiger partial charge on any atom is -0.377 e. The quantitative estimate of drug-likeness (QED) is 0.614. The van der Waals surface area contributed by atoms with Crippen LogP contribution in [0, 0.1) is 5.92 Å². The number of H-pyrrole nitrogens is 1. The van der Waals surface area contributed by atoms with E-state index in [0.717, 1.165) is 42.8 Å². The van der Waals surface area contributed by atoms with E-state index in [1.807, 2.05) is 12.3 Å². The molecule has 1 aromatic carbocycles. The molecule has 8 heteroatoms. The predicted octanol–water partition coefficient (Wildman–Crippen LogP) is 4.55. The highest BCUT2D eigenvalue weighted by atomic mass is 35.5. The number of carbonyl (C=O) groups is 1. The van der Waals surface area contributed by atoms with E-state index in [1.54, 1.807) is 24.5 Å². The van der Waals surface area contributed by atoms with Crippen LogP contribution in [-0.2, 0) is 4.79 Å². The second kappa shape index (κ2) is 8.37. The molecule has 146 valence electrons. The zero-order valence-electron chi connectivity index (χ0n) is 15.3. The molecule has 1 atom stereocenters. The minimum absolute atomic E-state index is 0.164. The summed E-state index contributed by atoms with van der Waals surface area (Å²) in [5.41, 5.74) is 1.52. The Kier molecular flexibility index (Phi) is 5.69. The maximum atomic E-state index is 12.5. The molecule has 3 heterocycles. The number of Topliss-reactive ketones (excluding diaryl/α,β-unsaturated/α-hetero) is 1. The smallest absolute Gasteiger partial charge is 0.152 e. The molecule has 2 N–H and O–H groups in total. The van der Waals surface area contributed by atoms with Gasteiger partial charge in [0.05, 0.1) is 22.6 Å². The Labute approximate surface area is 173 Å². The van der Waals surface area contributed by atoms with Crippen molar-refractivity contribution in [2.45, 2.75) is 19.3 Å². The molecule has 2 aromatic heterocycles. The molecule has 0 amide bonds. The third-order valence-corrected chi connectivity index (χ3v) is 5.64. The van der Waals surface area contributed by atoms with Crippen LogP contribution in [0.2, 0.25) is 10.0 Å². The molecule has 4 rings (SSSR count). The summed E-state index contributed by atoms with van der Waals surface area (Å²) in [4.78, 5) is 26.6. The maximum Gasteiger partial charge on any atom is 0.152 e. The number of ketones is 1. The van der Waals surface area contributed by atoms with Gasteiger partial charge < -0.3 is 15.2 Å². The van der Waals surface area contributed by atoms with Crippen LogP contribution in [-0.4, -0.2) is 40.4 Å². The van der Waals surface area contributed by atoms with Crippen LogP contribution in [0.4, 0.5) is 11.5 Å². The number of nitrogens with one attached hydrogen (secondary N) is 2. The van der Waals surface area contributed by atoms with Gasteiger partial charge in [-0.1, -0.05) is 23.2 Å². The zero-order chi connectivity index (χ0) is 19.5. The van der Waals surface area contributed by atoms with Crippen LogP contribution in [0.25, 0.3) is 11.0 Å². The van der Waals surface area contributed by atoms with Crippen LogP contribution in [0.1, 0.15) is 19.3 Å². The molecule has 1 fully saturated rings. The topological polar surface area (TPSA) is 73.9 Å². The molecular weight excluding hydrogens is 397 g/mol. The Hall–Kier alpha value is -2.31. The van der Waals surface area contributed by atoms with Gasteiger partial charge in [0.15, 0.2) is 5.78 Å². The molecule has 0 radical (unpaired) electrons. The average molecular weight is 418 g/mol. The Morgan fingerprint density at radius 2 is 2.18 bits per heavy atom. The van der Waals surface area contributed by atoms with E-state index in [1.165, 1.54) is 0 Å². The van der Waals surface area contributed by atoms with Crippen molar-refractivity contribution in [1.82, 2.24) is 15.0 Å². The lowest BCUT2D eigenvalue weighted by Gasteiger charge is -2.33. The third-order valence-electron chi connectivity index (χ3n) is 5.07. The summed E-state index contributed by atoms with van der Waals surface area (Å²) < 4.78 is 0. The first-order valence-corrected chi connectivity index (χ1v) is 10.1. The first-order valence-electron chi connectivity index (χ1n) is 9.34. The number of rotatable bonds is 6. The van der Waals surface area contributed by atoms with Gasteiger partial charge in [-0.2, -0.15) is 0 Å². The van der Waals surface area contributed by atoms with Crippen molar-refractivity contribution >= 4 is 51.5 Å². The van der Waals surface area contributed by atoms with Crippen molar-refractivity contribution in [2.24, 2.45) is 5.92 Å². The van der Waals surface area contributed by atoms with Crippen molar-refractivity contribution < 1.29 is 4.79 Å². The zero-order valence-corrected chi connectivity index (χ0v) is 16.8. The van der Waals surface area contributed by atoms with E-state index in [2.05, 4.69) is 25.2 Å². The number of carbonyl (C=O) groups excluding carboxylic acids is 1. The molecule has 3 aromatic rings. The maximum absolute atomic E-state index is 12.5. The Balaban J connectivity index is 1.36. The molecule has 1 aliphatic heterocycles. The Bertz CT molecular complexity index is 990. The molecule has 1 saturated heterocycles. The number of piperidine rings is 1. The summed E-state index contributed by atoms with van der Waals surface area (Å²) in [5.74, 6) is 1.41. The second-order valence-corrected chi connectivity index (χ2v) is 7.96. The summed E-state index contributed by atoms with van der Waals surface area (Å²) in [6, 6.07) is 7.18. The van der Waals surface area contributed by atoms with Gasteiger partial charge in [0.1, 0.15) is 17.8 Å². The van der Waals surface area contributed by atoms with Crippen molar-refractivity contribution in [1.29, 1.82) is 0 Å². The van der Waals surface area contributed by atoms with E-state index in [-0.39, 0.29) is 12.3 Å². The average Bonchev–Trinajstić information content (AvgIpc) is 3.18. The lowest BCUT2D eigenvalue weighted by Crippen LogP contribution is -2.37. The monoisotopic (exact) mass is 417 g/mol. The number of benzene rings is 1. The Morgan fingerprint density at radius 3 is 3.07 bits per heavy atom. The lowest BCUT2D eigenvalue weighted by molar-refractivity contribution is -0.118. The van der Waals surface area contributed by atoms with Gasteiger partial charge in [0.2, 0.25) is 0 Å². The summed E-state index contributed by atoms with van der Waals surface area (Å²) in [6.45, 7) is 2.01. The van der Waals surface area contributed by atoms with Gasteiger partial charge in [-0.3, -0.25) is 4.79 Å². The van der Waals surface area contributed by atoms with Gasteiger partial charge in [-0.25, -0.2) is 9.97 Å². The van der Waals surface area contributed by atoms with Gasteiger partial charge in [0, 0.05) is 30.7 Å². The minimum atomic E-state index is 0.164. The Morgan fingerprint density at radius 1 is 1.29 bits per heavy atom. The largest absolute Gasteiger partial charge is 0.377 e. The number of halogens is 2. The van der Waals surface area contributed by atoms with Crippen molar-refractivity contribution in [2.75, 3.05) is 29.9 Å². The van der Waals surface area contributed by atoms with Gasteiger partial charge in [0.25, 0.3) is 0 Å². The molecule has 0 spiro atoms. The second-order valence-electron chi connectivity index (χ2n) is 7.11. The molecular formula is C20H21Cl2N5O. The first-order chi connectivity index (χ1) is 13.6. The highest BCUT2D eigenvalue weighted by molar-refractivity contribution is 6.35. The fourth-order valence-corrected chi connectivity index (χ4v) is 4.11. The normalized spacial score (nSPS) is 17.1. The predicted molar refractivity (Wildman–Crippen MR) is 113 cm³/mol. The van der Waals surface area contributed by atoms with Gasteiger partial charge >= 0.3 is 0 Å². The fourth-order valence-electron chi connectivity index (χ4n) is 3.76. The van der Waals surface area contributed by atoms with Crippen molar-refractivity contribution in [3.63, 3.8) is 0 Å². The van der Waals surface area contributed by atoms with E-state index >= 15 is 0 Å². The SMILES string of the molecule is O=C(CNc1cc(Cl)ccc1Cl)C[C@@H]1CCCN(c2ncnc3[nH]ccc23)C1.